The SMILES string of the molecule is C=NC(C)(C)C(C=NC)CCCCCCCC. The van der Waals surface area contributed by atoms with Gasteiger partial charge in [0.1, 0.15) is 0 Å². The first kappa shape index (κ1) is 16.3. The molecule has 0 aliphatic heterocycles. The second-order valence-electron chi connectivity index (χ2n) is 5.38. The Morgan fingerprint density at radius 2 is 1.71 bits per heavy atom. The molecule has 0 aromatic carbocycles. The molecule has 0 saturated carbocycles. The molecule has 0 radical (unpaired) electrons. The summed E-state index contributed by atoms with van der Waals surface area (Å²) >= 11 is 0. The van der Waals surface area contributed by atoms with Crippen LogP contribution in [0.15, 0.2) is 9.98 Å². The van der Waals surface area contributed by atoms with E-state index in [-0.39, 0.29) is 5.54 Å². The van der Waals surface area contributed by atoms with Crippen LogP contribution in [-0.4, -0.2) is 25.5 Å². The van der Waals surface area contributed by atoms with Crippen LogP contribution in [0.4, 0.5) is 0 Å². The lowest BCUT2D eigenvalue weighted by Gasteiger charge is -2.27. The Kier molecular flexibility index (Phi) is 9.01. The van der Waals surface area contributed by atoms with Gasteiger partial charge >= 0.3 is 0 Å². The van der Waals surface area contributed by atoms with E-state index < -0.39 is 0 Å². The molecule has 0 aliphatic carbocycles. The van der Waals surface area contributed by atoms with Gasteiger partial charge in [0.15, 0.2) is 0 Å². The quantitative estimate of drug-likeness (QED) is 0.394. The molecule has 100 valence electrons. The van der Waals surface area contributed by atoms with Crippen LogP contribution in [0.2, 0.25) is 0 Å². The standard InChI is InChI=1S/C15H30N2/c1-6-7-8-9-10-11-12-14(13-16-4)15(2,3)17-5/h13-14H,5-12H2,1-4H3. The minimum Gasteiger partial charge on any atom is -0.300 e. The predicted octanol–water partition coefficient (Wildman–Crippen LogP) is 4.53. The molecular weight excluding hydrogens is 208 g/mol. The molecule has 2 heteroatoms. The van der Waals surface area contributed by atoms with E-state index in [1.807, 2.05) is 13.3 Å². The molecule has 0 spiro atoms. The summed E-state index contributed by atoms with van der Waals surface area (Å²) in [7, 11) is 1.84. The summed E-state index contributed by atoms with van der Waals surface area (Å²) in [6, 6.07) is 0. The number of hydrogen-bond donors (Lipinski definition) is 0. The predicted molar refractivity (Wildman–Crippen MR) is 79.5 cm³/mol. The van der Waals surface area contributed by atoms with E-state index in [9.17, 15) is 0 Å². The van der Waals surface area contributed by atoms with Gasteiger partial charge in [-0.1, -0.05) is 45.4 Å². The topological polar surface area (TPSA) is 24.7 Å². The van der Waals surface area contributed by atoms with Crippen molar-refractivity contribution in [2.45, 2.75) is 71.3 Å². The van der Waals surface area contributed by atoms with E-state index in [4.69, 9.17) is 0 Å². The highest BCUT2D eigenvalue weighted by molar-refractivity contribution is 5.62. The molecule has 0 aliphatic rings. The Balaban J connectivity index is 3.90. The number of nitrogens with zero attached hydrogens (tertiary/aromatic N) is 2. The Bertz CT molecular complexity index is 219. The van der Waals surface area contributed by atoms with Gasteiger partial charge in [-0.25, -0.2) is 0 Å². The van der Waals surface area contributed by atoms with E-state index in [1.54, 1.807) is 0 Å². The van der Waals surface area contributed by atoms with Crippen LogP contribution < -0.4 is 0 Å². The van der Waals surface area contributed by atoms with Crippen LogP contribution in [0.1, 0.15) is 65.7 Å². The fourth-order valence-corrected chi connectivity index (χ4v) is 2.05. The maximum Gasteiger partial charge on any atom is 0.0622 e. The summed E-state index contributed by atoms with van der Waals surface area (Å²) in [6.45, 7) is 10.2. The van der Waals surface area contributed by atoms with Crippen molar-refractivity contribution < 1.29 is 0 Å². The molecule has 0 aromatic rings. The lowest BCUT2D eigenvalue weighted by atomic mass is 9.84. The molecule has 0 bridgehead atoms. The Morgan fingerprint density at radius 1 is 1.12 bits per heavy atom. The monoisotopic (exact) mass is 238 g/mol. The summed E-state index contributed by atoms with van der Waals surface area (Å²) in [4.78, 5) is 8.39. The van der Waals surface area contributed by atoms with Crippen LogP contribution in [0.25, 0.3) is 0 Å². The van der Waals surface area contributed by atoms with Gasteiger partial charge in [0.2, 0.25) is 0 Å². The average Bonchev–Trinajstić information content (AvgIpc) is 2.32. The maximum atomic E-state index is 4.23. The lowest BCUT2D eigenvalue weighted by molar-refractivity contribution is 0.381. The third-order valence-corrected chi connectivity index (χ3v) is 3.51. The van der Waals surface area contributed by atoms with E-state index in [1.165, 1.54) is 44.9 Å². The van der Waals surface area contributed by atoms with Crippen molar-refractivity contribution in [3.63, 3.8) is 0 Å². The van der Waals surface area contributed by atoms with Crippen LogP contribution in [0.3, 0.4) is 0 Å². The van der Waals surface area contributed by atoms with E-state index in [0.29, 0.717) is 5.92 Å². The first-order chi connectivity index (χ1) is 8.08. The van der Waals surface area contributed by atoms with Crippen molar-refractivity contribution >= 4 is 12.9 Å². The molecule has 0 saturated heterocycles. The minimum atomic E-state index is -0.0804. The van der Waals surface area contributed by atoms with Crippen LogP contribution >= 0.6 is 0 Å². The second kappa shape index (κ2) is 9.38. The Morgan fingerprint density at radius 3 is 2.24 bits per heavy atom. The molecule has 0 aromatic heterocycles. The van der Waals surface area contributed by atoms with Crippen molar-refractivity contribution in [3.8, 4) is 0 Å². The smallest absolute Gasteiger partial charge is 0.0622 e. The average molecular weight is 238 g/mol. The summed E-state index contributed by atoms with van der Waals surface area (Å²) in [5, 5.41) is 0. The highest BCUT2D eigenvalue weighted by Crippen LogP contribution is 2.25. The first-order valence-electron chi connectivity index (χ1n) is 6.98. The number of unbranched alkanes of at least 4 members (excludes halogenated alkanes) is 5. The third-order valence-electron chi connectivity index (χ3n) is 3.51. The van der Waals surface area contributed by atoms with Crippen LogP contribution in [0.5, 0.6) is 0 Å². The number of rotatable bonds is 10. The normalized spacial score (nSPS) is 14.1. The van der Waals surface area contributed by atoms with Gasteiger partial charge in [-0.05, 0) is 27.0 Å². The molecule has 1 unspecified atom stereocenters. The van der Waals surface area contributed by atoms with Crippen molar-refractivity contribution in [1.29, 1.82) is 0 Å². The third kappa shape index (κ3) is 7.30. The van der Waals surface area contributed by atoms with Crippen molar-refractivity contribution in [1.82, 2.24) is 0 Å². The summed E-state index contributed by atoms with van der Waals surface area (Å²) in [5.74, 6) is 0.427. The first-order valence-corrected chi connectivity index (χ1v) is 6.98. The second-order valence-corrected chi connectivity index (χ2v) is 5.38. The molecule has 17 heavy (non-hydrogen) atoms. The van der Waals surface area contributed by atoms with E-state index >= 15 is 0 Å². The zero-order valence-corrected chi connectivity index (χ0v) is 12.2. The Labute approximate surface area is 108 Å². The fourth-order valence-electron chi connectivity index (χ4n) is 2.05. The highest BCUT2D eigenvalue weighted by atomic mass is 14.8. The van der Waals surface area contributed by atoms with Crippen molar-refractivity contribution in [2.24, 2.45) is 15.9 Å². The molecule has 0 heterocycles. The Hall–Kier alpha value is -0.660. The summed E-state index contributed by atoms with van der Waals surface area (Å²) in [6.07, 6.45) is 11.3. The minimum absolute atomic E-state index is 0.0804. The van der Waals surface area contributed by atoms with Gasteiger partial charge in [-0.2, -0.15) is 0 Å². The van der Waals surface area contributed by atoms with Gasteiger partial charge in [-0.15, -0.1) is 0 Å². The zero-order valence-electron chi connectivity index (χ0n) is 12.2. The zero-order chi connectivity index (χ0) is 13.1. The number of aliphatic imine (C=N–C) groups is 2. The van der Waals surface area contributed by atoms with Gasteiger partial charge < -0.3 is 4.99 Å². The summed E-state index contributed by atoms with van der Waals surface area (Å²) < 4.78 is 0. The molecule has 2 nitrogen and oxygen atoms in total. The van der Waals surface area contributed by atoms with Gasteiger partial charge in [-0.3, -0.25) is 4.99 Å². The molecule has 0 fully saturated rings. The van der Waals surface area contributed by atoms with Crippen molar-refractivity contribution in [2.75, 3.05) is 7.05 Å². The van der Waals surface area contributed by atoms with Gasteiger partial charge in [0.05, 0.1) is 5.54 Å². The van der Waals surface area contributed by atoms with E-state index in [2.05, 4.69) is 37.5 Å². The van der Waals surface area contributed by atoms with E-state index in [0.717, 1.165) is 0 Å². The molecular formula is C15H30N2. The largest absolute Gasteiger partial charge is 0.300 e. The van der Waals surface area contributed by atoms with Crippen LogP contribution in [0, 0.1) is 5.92 Å². The fraction of sp³-hybridized carbons (Fsp3) is 0.867. The van der Waals surface area contributed by atoms with Gasteiger partial charge in [0, 0.05) is 19.2 Å². The lowest BCUT2D eigenvalue weighted by Crippen LogP contribution is -2.30. The number of hydrogen-bond acceptors (Lipinski definition) is 2. The molecule has 0 amide bonds. The van der Waals surface area contributed by atoms with Gasteiger partial charge in [0.25, 0.3) is 0 Å². The summed E-state index contributed by atoms with van der Waals surface area (Å²) in [5.41, 5.74) is -0.0804. The highest BCUT2D eigenvalue weighted by Gasteiger charge is 2.25. The van der Waals surface area contributed by atoms with Crippen LogP contribution in [-0.2, 0) is 0 Å². The molecule has 1 atom stereocenters. The van der Waals surface area contributed by atoms with Crippen molar-refractivity contribution in [3.05, 3.63) is 0 Å². The maximum absolute atomic E-state index is 4.23. The molecule has 0 N–H and O–H groups in total. The molecule has 0 rings (SSSR count).